The minimum absolute atomic E-state index is 0.00885. The van der Waals surface area contributed by atoms with E-state index in [2.05, 4.69) is 10.3 Å². The molecule has 2 atom stereocenters. The molecule has 0 N–H and O–H groups in total. The number of carbonyl (C=O) groups excluding carboxylic acids is 1. The number of hydrogen-bond acceptors (Lipinski definition) is 7. The van der Waals surface area contributed by atoms with E-state index in [4.69, 9.17) is 9.47 Å². The number of benzene rings is 1. The van der Waals surface area contributed by atoms with Gasteiger partial charge in [-0.15, -0.1) is 5.10 Å². The molecule has 24 heavy (non-hydrogen) atoms. The molecule has 0 unspecified atom stereocenters. The number of fused-ring (bicyclic) bond motifs is 3. The summed E-state index contributed by atoms with van der Waals surface area (Å²) in [5.41, 5.74) is 2.57. The molecular formula is C15H16N4O5. The normalized spacial score (nSPS) is 18.6. The maximum absolute atomic E-state index is 11.6. The van der Waals surface area contributed by atoms with Gasteiger partial charge < -0.3 is 9.47 Å². The fraction of sp³-hybridized carbons (Fsp3) is 0.400. The first kappa shape index (κ1) is 16.1. The van der Waals surface area contributed by atoms with Crippen molar-refractivity contribution in [1.29, 1.82) is 0 Å². The molecule has 9 heteroatoms. The molecule has 0 saturated heterocycles. The Morgan fingerprint density at radius 2 is 2.17 bits per heavy atom. The van der Waals surface area contributed by atoms with E-state index in [1.807, 2.05) is 6.92 Å². The number of nitro benzene ring substituents is 1. The van der Waals surface area contributed by atoms with Crippen molar-refractivity contribution in [2.24, 2.45) is 0 Å². The van der Waals surface area contributed by atoms with Crippen molar-refractivity contribution >= 4 is 11.7 Å². The van der Waals surface area contributed by atoms with Crippen LogP contribution in [0.25, 0.3) is 5.69 Å². The number of rotatable bonds is 4. The lowest BCUT2D eigenvalue weighted by Gasteiger charge is -2.30. The van der Waals surface area contributed by atoms with Crippen LogP contribution < -0.4 is 0 Å². The maximum atomic E-state index is 11.6. The topological polar surface area (TPSA) is 109 Å². The number of ether oxygens (including phenoxy) is 2. The van der Waals surface area contributed by atoms with Gasteiger partial charge in [-0.05, 0) is 6.07 Å². The number of carbonyl (C=O) groups is 1. The third-order valence-corrected chi connectivity index (χ3v) is 4.21. The third-order valence-electron chi connectivity index (χ3n) is 4.21. The van der Waals surface area contributed by atoms with Crippen molar-refractivity contribution < 1.29 is 19.2 Å². The summed E-state index contributed by atoms with van der Waals surface area (Å²) in [6, 6.07) is 4.52. The van der Waals surface area contributed by atoms with Gasteiger partial charge in [-0.2, -0.15) is 0 Å². The van der Waals surface area contributed by atoms with Gasteiger partial charge in [0, 0.05) is 30.7 Å². The maximum Gasteiger partial charge on any atom is 0.311 e. The summed E-state index contributed by atoms with van der Waals surface area (Å²) in [4.78, 5) is 22.2. The Labute approximate surface area is 137 Å². The zero-order chi connectivity index (χ0) is 17.4. The molecule has 0 aliphatic carbocycles. The van der Waals surface area contributed by atoms with Crippen molar-refractivity contribution in [3.05, 3.63) is 45.3 Å². The predicted molar refractivity (Wildman–Crippen MR) is 81.9 cm³/mol. The lowest BCUT2D eigenvalue weighted by molar-refractivity contribution is -0.385. The number of nitro groups is 1. The van der Waals surface area contributed by atoms with Crippen molar-refractivity contribution in [3.8, 4) is 5.69 Å². The largest absolute Gasteiger partial charge is 0.469 e. The Kier molecular flexibility index (Phi) is 4.02. The third kappa shape index (κ3) is 2.42. The number of non-ortho nitro benzene ring substituents is 1. The van der Waals surface area contributed by atoms with E-state index in [1.54, 1.807) is 17.9 Å². The lowest BCUT2D eigenvalue weighted by Crippen LogP contribution is -2.24. The van der Waals surface area contributed by atoms with Gasteiger partial charge in [-0.25, -0.2) is 4.68 Å². The van der Waals surface area contributed by atoms with Gasteiger partial charge in [-0.3, -0.25) is 14.9 Å². The van der Waals surface area contributed by atoms with Gasteiger partial charge in [0.25, 0.3) is 5.69 Å². The van der Waals surface area contributed by atoms with E-state index in [0.717, 1.165) is 5.69 Å². The highest BCUT2D eigenvalue weighted by Gasteiger charge is 2.36. The van der Waals surface area contributed by atoms with E-state index in [0.29, 0.717) is 16.9 Å². The highest BCUT2D eigenvalue weighted by atomic mass is 16.6. The molecule has 2 heterocycles. The summed E-state index contributed by atoms with van der Waals surface area (Å²) < 4.78 is 11.9. The van der Waals surface area contributed by atoms with Crippen molar-refractivity contribution in [1.82, 2.24) is 15.0 Å². The molecule has 1 aromatic heterocycles. The van der Waals surface area contributed by atoms with E-state index < -0.39 is 17.0 Å². The number of methoxy groups -OCH3 is 2. The second kappa shape index (κ2) is 6.00. The van der Waals surface area contributed by atoms with Crippen LogP contribution in [0.5, 0.6) is 0 Å². The van der Waals surface area contributed by atoms with Crippen LogP contribution in [-0.2, 0) is 20.7 Å². The summed E-state index contributed by atoms with van der Waals surface area (Å²) >= 11 is 0. The molecule has 9 nitrogen and oxygen atoms in total. The molecule has 0 radical (unpaired) electrons. The second-order valence-electron chi connectivity index (χ2n) is 5.53. The van der Waals surface area contributed by atoms with E-state index >= 15 is 0 Å². The number of nitrogens with zero attached hydrogens (tertiary/aromatic N) is 4. The van der Waals surface area contributed by atoms with Gasteiger partial charge in [-0.1, -0.05) is 12.1 Å². The van der Waals surface area contributed by atoms with Crippen LogP contribution in [0, 0.1) is 10.1 Å². The molecule has 1 aromatic carbocycles. The minimum atomic E-state index is -0.447. The fourth-order valence-corrected chi connectivity index (χ4v) is 3.11. The molecule has 3 rings (SSSR count). The molecule has 0 spiro atoms. The Morgan fingerprint density at radius 1 is 1.42 bits per heavy atom. The predicted octanol–water partition coefficient (Wildman–Crippen LogP) is 1.70. The monoisotopic (exact) mass is 332 g/mol. The average molecular weight is 332 g/mol. The van der Waals surface area contributed by atoms with Gasteiger partial charge in [0.2, 0.25) is 0 Å². The van der Waals surface area contributed by atoms with Crippen molar-refractivity contribution in [2.75, 3.05) is 14.2 Å². The van der Waals surface area contributed by atoms with Crippen molar-refractivity contribution in [3.63, 3.8) is 0 Å². The summed E-state index contributed by atoms with van der Waals surface area (Å²) in [6.07, 6.45) is -0.392. The van der Waals surface area contributed by atoms with Crippen LogP contribution in [0.1, 0.15) is 35.9 Å². The molecule has 0 saturated carbocycles. The van der Waals surface area contributed by atoms with Crippen LogP contribution in [0.2, 0.25) is 0 Å². The number of hydrogen-bond donors (Lipinski definition) is 0. The minimum Gasteiger partial charge on any atom is -0.469 e. The summed E-state index contributed by atoms with van der Waals surface area (Å²) in [7, 11) is 2.86. The van der Waals surface area contributed by atoms with E-state index in [-0.39, 0.29) is 18.0 Å². The van der Waals surface area contributed by atoms with Crippen LogP contribution in [0.15, 0.2) is 18.2 Å². The average Bonchev–Trinajstić information content (AvgIpc) is 2.98. The zero-order valence-corrected chi connectivity index (χ0v) is 13.4. The lowest BCUT2D eigenvalue weighted by atomic mass is 9.88. The Hall–Kier alpha value is -2.81. The van der Waals surface area contributed by atoms with Crippen LogP contribution in [-0.4, -0.2) is 40.1 Å². The molecule has 0 amide bonds. The zero-order valence-electron chi connectivity index (χ0n) is 13.4. The summed E-state index contributed by atoms with van der Waals surface area (Å²) in [5.74, 6) is -0.590. The second-order valence-corrected chi connectivity index (χ2v) is 5.53. The molecule has 0 bridgehead atoms. The first-order chi connectivity index (χ1) is 11.5. The Balaban J connectivity index is 2.15. The first-order valence-electron chi connectivity index (χ1n) is 7.30. The van der Waals surface area contributed by atoms with Gasteiger partial charge in [0.1, 0.15) is 0 Å². The summed E-state index contributed by atoms with van der Waals surface area (Å²) in [6.45, 7) is 1.91. The number of aromatic nitrogens is 3. The highest BCUT2D eigenvalue weighted by molar-refractivity contribution is 5.72. The van der Waals surface area contributed by atoms with Crippen LogP contribution in [0.3, 0.4) is 0 Å². The van der Waals surface area contributed by atoms with Crippen molar-refractivity contribution in [2.45, 2.75) is 25.4 Å². The molecule has 1 aliphatic heterocycles. The van der Waals surface area contributed by atoms with Gasteiger partial charge in [0.05, 0.1) is 41.6 Å². The standard InChI is InChI=1S/C15H16N4O5/c1-8-14-11(7-13(20)23-2)16-17-18(14)12-5-4-9(19(21)22)6-10(12)15(8)24-3/h4-6,8,15H,7H2,1-3H3/t8-,15+/m0/s1. The smallest absolute Gasteiger partial charge is 0.311 e. The highest BCUT2D eigenvalue weighted by Crippen LogP contribution is 2.43. The SMILES string of the molecule is COC(=O)Cc1nnn2c1[C@H](C)[C@@H](OC)c1cc([N+](=O)[O-])ccc1-2. The molecule has 126 valence electrons. The Bertz CT molecular complexity index is 816. The summed E-state index contributed by atoms with van der Waals surface area (Å²) in [5, 5.41) is 19.2. The van der Waals surface area contributed by atoms with Gasteiger partial charge >= 0.3 is 5.97 Å². The molecule has 1 aliphatic rings. The fourth-order valence-electron chi connectivity index (χ4n) is 3.11. The first-order valence-corrected chi connectivity index (χ1v) is 7.30. The molecule has 0 fully saturated rings. The number of esters is 1. The van der Waals surface area contributed by atoms with E-state index in [1.165, 1.54) is 19.2 Å². The Morgan fingerprint density at radius 3 is 2.79 bits per heavy atom. The molecule has 2 aromatic rings. The van der Waals surface area contributed by atoms with E-state index in [9.17, 15) is 14.9 Å². The quantitative estimate of drug-likeness (QED) is 0.476. The van der Waals surface area contributed by atoms with Crippen LogP contribution >= 0.6 is 0 Å². The van der Waals surface area contributed by atoms with Crippen LogP contribution in [0.4, 0.5) is 5.69 Å². The molecular weight excluding hydrogens is 316 g/mol. The van der Waals surface area contributed by atoms with Gasteiger partial charge in [0.15, 0.2) is 0 Å².